The highest BCUT2D eigenvalue weighted by Gasteiger charge is 2.25. The number of piperidine rings is 1. The molecule has 2 amide bonds. The van der Waals surface area contributed by atoms with E-state index in [1.54, 1.807) is 0 Å². The van der Waals surface area contributed by atoms with Gasteiger partial charge in [0.2, 0.25) is 0 Å². The molecular weight excluding hydrogens is 204 g/mol. The predicted octanol–water partition coefficient (Wildman–Crippen LogP) is -0.177. The number of urea groups is 1. The molecule has 16 heavy (non-hydrogen) atoms. The summed E-state index contributed by atoms with van der Waals surface area (Å²) in [5.41, 5.74) is 5.93. The average Bonchev–Trinajstić information content (AvgIpc) is 2.63. The zero-order chi connectivity index (χ0) is 11.5. The third kappa shape index (κ3) is 2.65. The summed E-state index contributed by atoms with van der Waals surface area (Å²) in [4.78, 5) is 15.7. The molecule has 0 aliphatic carbocycles. The number of carbonyl (C=O) groups is 1. The summed E-state index contributed by atoms with van der Waals surface area (Å²) in [6, 6.07) is 0.997. The summed E-state index contributed by atoms with van der Waals surface area (Å²) in [5, 5.41) is 2.82. The Bertz CT molecular complexity index is 258. The molecule has 0 aromatic rings. The van der Waals surface area contributed by atoms with E-state index in [1.807, 2.05) is 4.90 Å². The van der Waals surface area contributed by atoms with Gasteiger partial charge >= 0.3 is 6.03 Å². The summed E-state index contributed by atoms with van der Waals surface area (Å²) in [5.74, 6) is 0. The number of carbonyl (C=O) groups excluding carboxylic acids is 1. The Morgan fingerprint density at radius 3 is 2.88 bits per heavy atom. The third-order valence-electron chi connectivity index (χ3n) is 3.66. The molecule has 2 saturated heterocycles. The standard InChI is InChI=1S/C11H22N4O/c1-9-8-10(12)2-4-14(9)6-7-15-5-3-13-11(15)16/h9-10H,2-8,12H2,1H3,(H,13,16). The minimum atomic E-state index is 0.0846. The van der Waals surface area contributed by atoms with E-state index in [1.165, 1.54) is 0 Å². The van der Waals surface area contributed by atoms with E-state index in [2.05, 4.69) is 17.1 Å². The van der Waals surface area contributed by atoms with Crippen LogP contribution in [0.25, 0.3) is 0 Å². The summed E-state index contributed by atoms with van der Waals surface area (Å²) >= 11 is 0. The Labute approximate surface area is 96.9 Å². The molecule has 2 fully saturated rings. The molecule has 0 aromatic carbocycles. The van der Waals surface area contributed by atoms with Crippen LogP contribution in [-0.2, 0) is 0 Å². The van der Waals surface area contributed by atoms with E-state index < -0.39 is 0 Å². The lowest BCUT2D eigenvalue weighted by Gasteiger charge is -2.37. The van der Waals surface area contributed by atoms with Gasteiger partial charge in [-0.2, -0.15) is 0 Å². The second-order valence-electron chi connectivity index (χ2n) is 4.89. The first-order chi connectivity index (χ1) is 7.66. The summed E-state index contributed by atoms with van der Waals surface area (Å²) in [6.45, 7) is 6.74. The molecule has 0 saturated carbocycles. The number of rotatable bonds is 3. The van der Waals surface area contributed by atoms with E-state index >= 15 is 0 Å². The molecule has 0 spiro atoms. The van der Waals surface area contributed by atoms with Crippen molar-refractivity contribution < 1.29 is 4.79 Å². The zero-order valence-corrected chi connectivity index (χ0v) is 9.98. The van der Waals surface area contributed by atoms with Crippen LogP contribution in [0.3, 0.4) is 0 Å². The highest BCUT2D eigenvalue weighted by Crippen LogP contribution is 2.15. The van der Waals surface area contributed by atoms with Crippen molar-refractivity contribution in [1.29, 1.82) is 0 Å². The SMILES string of the molecule is CC1CC(N)CCN1CCN1CCNC1=O. The van der Waals surface area contributed by atoms with Crippen molar-refractivity contribution in [3.05, 3.63) is 0 Å². The van der Waals surface area contributed by atoms with Gasteiger partial charge in [-0.05, 0) is 26.3 Å². The Kier molecular flexibility index (Phi) is 3.66. The largest absolute Gasteiger partial charge is 0.336 e. The topological polar surface area (TPSA) is 61.6 Å². The summed E-state index contributed by atoms with van der Waals surface area (Å²) < 4.78 is 0. The second-order valence-corrected chi connectivity index (χ2v) is 4.89. The Hall–Kier alpha value is -0.810. The van der Waals surface area contributed by atoms with Gasteiger partial charge < -0.3 is 16.0 Å². The van der Waals surface area contributed by atoms with Crippen LogP contribution in [0, 0.1) is 0 Å². The molecule has 0 bridgehead atoms. The maximum absolute atomic E-state index is 11.4. The first-order valence-electron chi connectivity index (χ1n) is 6.19. The van der Waals surface area contributed by atoms with Crippen LogP contribution >= 0.6 is 0 Å². The van der Waals surface area contributed by atoms with Crippen molar-refractivity contribution in [3.63, 3.8) is 0 Å². The quantitative estimate of drug-likeness (QED) is 0.702. The van der Waals surface area contributed by atoms with E-state index in [-0.39, 0.29) is 6.03 Å². The van der Waals surface area contributed by atoms with Crippen molar-refractivity contribution >= 4 is 6.03 Å². The molecule has 2 aliphatic rings. The molecule has 5 nitrogen and oxygen atoms in total. The van der Waals surface area contributed by atoms with Crippen LogP contribution in [0.2, 0.25) is 0 Å². The van der Waals surface area contributed by atoms with Crippen LogP contribution in [-0.4, -0.2) is 60.6 Å². The van der Waals surface area contributed by atoms with Crippen molar-refractivity contribution in [1.82, 2.24) is 15.1 Å². The van der Waals surface area contributed by atoms with Gasteiger partial charge in [0, 0.05) is 38.3 Å². The van der Waals surface area contributed by atoms with Gasteiger partial charge in [0.15, 0.2) is 0 Å². The molecule has 0 aromatic heterocycles. The number of nitrogens with zero attached hydrogens (tertiary/aromatic N) is 2. The Balaban J connectivity index is 1.75. The predicted molar refractivity (Wildman–Crippen MR) is 63.2 cm³/mol. The van der Waals surface area contributed by atoms with E-state index in [9.17, 15) is 4.79 Å². The molecule has 2 rings (SSSR count). The molecule has 2 unspecified atom stereocenters. The summed E-state index contributed by atoms with van der Waals surface area (Å²) in [6.07, 6.45) is 2.16. The Morgan fingerprint density at radius 2 is 2.25 bits per heavy atom. The molecule has 2 atom stereocenters. The van der Waals surface area contributed by atoms with Crippen LogP contribution < -0.4 is 11.1 Å². The number of hydrogen-bond acceptors (Lipinski definition) is 3. The zero-order valence-electron chi connectivity index (χ0n) is 9.98. The van der Waals surface area contributed by atoms with Gasteiger partial charge in [0.1, 0.15) is 0 Å². The van der Waals surface area contributed by atoms with Gasteiger partial charge in [-0.3, -0.25) is 4.90 Å². The van der Waals surface area contributed by atoms with Crippen LogP contribution in [0.15, 0.2) is 0 Å². The highest BCUT2D eigenvalue weighted by atomic mass is 16.2. The molecular formula is C11H22N4O. The minimum Gasteiger partial charge on any atom is -0.336 e. The van der Waals surface area contributed by atoms with Crippen molar-refractivity contribution in [2.24, 2.45) is 5.73 Å². The van der Waals surface area contributed by atoms with Gasteiger partial charge in [0.25, 0.3) is 0 Å². The molecule has 92 valence electrons. The second kappa shape index (κ2) is 5.01. The number of amides is 2. The van der Waals surface area contributed by atoms with Gasteiger partial charge in [-0.25, -0.2) is 4.79 Å². The maximum atomic E-state index is 11.4. The number of nitrogens with two attached hydrogens (primary N) is 1. The van der Waals surface area contributed by atoms with E-state index in [4.69, 9.17) is 5.73 Å². The molecule has 0 radical (unpaired) electrons. The molecule has 5 heteroatoms. The smallest absolute Gasteiger partial charge is 0.317 e. The maximum Gasteiger partial charge on any atom is 0.317 e. The number of likely N-dealkylation sites (tertiary alicyclic amines) is 1. The molecule has 3 N–H and O–H groups in total. The van der Waals surface area contributed by atoms with E-state index in [0.717, 1.165) is 45.6 Å². The van der Waals surface area contributed by atoms with Crippen LogP contribution in [0.1, 0.15) is 19.8 Å². The lowest BCUT2D eigenvalue weighted by molar-refractivity contribution is 0.134. The molecule has 2 heterocycles. The fourth-order valence-corrected chi connectivity index (χ4v) is 2.56. The average molecular weight is 226 g/mol. The normalized spacial score (nSPS) is 31.9. The first-order valence-corrected chi connectivity index (χ1v) is 6.19. The van der Waals surface area contributed by atoms with Gasteiger partial charge in [0.05, 0.1) is 0 Å². The van der Waals surface area contributed by atoms with Crippen LogP contribution in [0.4, 0.5) is 4.79 Å². The van der Waals surface area contributed by atoms with Gasteiger partial charge in [-0.15, -0.1) is 0 Å². The minimum absolute atomic E-state index is 0.0846. The lowest BCUT2D eigenvalue weighted by Crippen LogP contribution is -2.48. The van der Waals surface area contributed by atoms with Gasteiger partial charge in [-0.1, -0.05) is 0 Å². The molecule has 2 aliphatic heterocycles. The Morgan fingerprint density at radius 1 is 1.44 bits per heavy atom. The van der Waals surface area contributed by atoms with E-state index in [0.29, 0.717) is 12.1 Å². The van der Waals surface area contributed by atoms with Crippen LogP contribution in [0.5, 0.6) is 0 Å². The number of nitrogens with one attached hydrogen (secondary N) is 1. The lowest BCUT2D eigenvalue weighted by atomic mass is 9.99. The van der Waals surface area contributed by atoms with Crippen molar-refractivity contribution in [3.8, 4) is 0 Å². The number of hydrogen-bond donors (Lipinski definition) is 2. The fourth-order valence-electron chi connectivity index (χ4n) is 2.56. The summed E-state index contributed by atoms with van der Waals surface area (Å²) in [7, 11) is 0. The monoisotopic (exact) mass is 226 g/mol. The van der Waals surface area contributed by atoms with Crippen molar-refractivity contribution in [2.75, 3.05) is 32.7 Å². The highest BCUT2D eigenvalue weighted by molar-refractivity contribution is 5.76. The third-order valence-corrected chi connectivity index (χ3v) is 3.66. The van der Waals surface area contributed by atoms with Crippen molar-refractivity contribution in [2.45, 2.75) is 31.8 Å². The fraction of sp³-hybridized carbons (Fsp3) is 0.909. The first kappa shape index (κ1) is 11.7.